The van der Waals surface area contributed by atoms with E-state index < -0.39 is 6.10 Å². The lowest BCUT2D eigenvalue weighted by atomic mass is 10.3. The van der Waals surface area contributed by atoms with Gasteiger partial charge in [-0.15, -0.1) is 0 Å². The van der Waals surface area contributed by atoms with Gasteiger partial charge in [0.1, 0.15) is 11.4 Å². The first-order chi connectivity index (χ1) is 11.0. The number of halogens is 2. The third-order valence-electron chi connectivity index (χ3n) is 3.11. The van der Waals surface area contributed by atoms with Gasteiger partial charge in [-0.2, -0.15) is 4.98 Å². The molecular formula is C16H13BrClN3O2. The maximum absolute atomic E-state index is 6.15. The Hall–Kier alpha value is -1.92. The maximum Gasteiger partial charge on any atom is 0.276 e. The minimum atomic E-state index is -0.406. The molecular weight excluding hydrogens is 382 g/mol. The zero-order chi connectivity index (χ0) is 16.4. The first-order valence-corrected chi connectivity index (χ1v) is 8.09. The molecule has 0 spiro atoms. The molecule has 0 fully saturated rings. The Balaban J connectivity index is 1.79. The van der Waals surface area contributed by atoms with Crippen LogP contribution in [0.2, 0.25) is 5.02 Å². The number of ether oxygens (including phenoxy) is 1. The van der Waals surface area contributed by atoms with E-state index in [2.05, 4.69) is 31.1 Å². The van der Waals surface area contributed by atoms with E-state index in [1.165, 1.54) is 0 Å². The Morgan fingerprint density at radius 1 is 1.22 bits per heavy atom. The van der Waals surface area contributed by atoms with E-state index in [0.717, 1.165) is 10.2 Å². The number of rotatable bonds is 4. The van der Waals surface area contributed by atoms with Crippen molar-refractivity contribution in [2.24, 2.45) is 0 Å². The fourth-order valence-electron chi connectivity index (χ4n) is 1.98. The quantitative estimate of drug-likeness (QED) is 0.623. The molecule has 7 heteroatoms. The second-order valence-electron chi connectivity index (χ2n) is 4.96. The highest BCUT2D eigenvalue weighted by molar-refractivity contribution is 9.10. The van der Waals surface area contributed by atoms with Gasteiger partial charge in [-0.25, -0.2) is 4.98 Å². The van der Waals surface area contributed by atoms with Crippen LogP contribution in [0.15, 0.2) is 45.4 Å². The summed E-state index contributed by atoms with van der Waals surface area (Å²) in [5.74, 6) is 1.35. The fraction of sp³-hybridized carbons (Fsp3) is 0.188. The average molecular weight is 395 g/mol. The summed E-state index contributed by atoms with van der Waals surface area (Å²) in [7, 11) is 0. The van der Waals surface area contributed by atoms with Gasteiger partial charge in [-0.1, -0.05) is 38.8 Å². The van der Waals surface area contributed by atoms with E-state index in [-0.39, 0.29) is 0 Å². The molecule has 3 rings (SSSR count). The molecule has 23 heavy (non-hydrogen) atoms. The largest absolute Gasteiger partial charge is 0.481 e. The number of benzene rings is 1. The van der Waals surface area contributed by atoms with Crippen molar-refractivity contribution in [3.05, 3.63) is 57.4 Å². The van der Waals surface area contributed by atoms with Gasteiger partial charge in [-0.05, 0) is 44.2 Å². The summed E-state index contributed by atoms with van der Waals surface area (Å²) in [5.41, 5.74) is 1.52. The molecule has 0 saturated carbocycles. The molecule has 0 aliphatic heterocycles. The van der Waals surface area contributed by atoms with Gasteiger partial charge in [0.25, 0.3) is 5.89 Å². The molecule has 1 unspecified atom stereocenters. The van der Waals surface area contributed by atoms with Gasteiger partial charge in [0.2, 0.25) is 5.82 Å². The topological polar surface area (TPSA) is 61.0 Å². The minimum absolute atomic E-state index is 0.362. The fourth-order valence-corrected chi connectivity index (χ4v) is 2.70. The predicted octanol–water partition coefficient (Wildman–Crippen LogP) is 5.00. The third-order valence-corrected chi connectivity index (χ3v) is 3.90. The summed E-state index contributed by atoms with van der Waals surface area (Å²) in [6.45, 7) is 3.73. The van der Waals surface area contributed by atoms with Crippen LogP contribution in [0.3, 0.4) is 0 Å². The smallest absolute Gasteiger partial charge is 0.276 e. The monoisotopic (exact) mass is 393 g/mol. The lowest BCUT2D eigenvalue weighted by Crippen LogP contribution is -2.05. The normalized spacial score (nSPS) is 12.2. The van der Waals surface area contributed by atoms with Crippen molar-refractivity contribution < 1.29 is 9.26 Å². The van der Waals surface area contributed by atoms with Crippen molar-refractivity contribution in [1.82, 2.24) is 15.1 Å². The van der Waals surface area contributed by atoms with E-state index in [1.54, 1.807) is 12.1 Å². The van der Waals surface area contributed by atoms with Gasteiger partial charge in [-0.3, -0.25) is 0 Å². The zero-order valence-corrected chi connectivity index (χ0v) is 14.8. The van der Waals surface area contributed by atoms with Gasteiger partial charge in [0.15, 0.2) is 6.10 Å². The minimum Gasteiger partial charge on any atom is -0.481 e. The van der Waals surface area contributed by atoms with Crippen LogP contribution in [0.1, 0.15) is 24.5 Å². The van der Waals surface area contributed by atoms with Gasteiger partial charge < -0.3 is 9.26 Å². The molecule has 1 aromatic carbocycles. The molecule has 3 aromatic rings. The Kier molecular flexibility index (Phi) is 4.63. The first kappa shape index (κ1) is 16.0. The van der Waals surface area contributed by atoms with Crippen molar-refractivity contribution in [3.63, 3.8) is 0 Å². The summed E-state index contributed by atoms with van der Waals surface area (Å²) in [4.78, 5) is 8.71. The molecule has 2 aromatic heterocycles. The van der Waals surface area contributed by atoms with Crippen LogP contribution < -0.4 is 4.74 Å². The van der Waals surface area contributed by atoms with E-state index in [4.69, 9.17) is 20.9 Å². The van der Waals surface area contributed by atoms with Crippen LogP contribution in [0.25, 0.3) is 11.6 Å². The van der Waals surface area contributed by atoms with Gasteiger partial charge in [0.05, 0.1) is 5.02 Å². The van der Waals surface area contributed by atoms with Crippen molar-refractivity contribution >= 4 is 27.5 Å². The molecule has 0 saturated heterocycles. The third kappa shape index (κ3) is 3.71. The van der Waals surface area contributed by atoms with Gasteiger partial charge >= 0.3 is 0 Å². The van der Waals surface area contributed by atoms with Crippen LogP contribution in [-0.2, 0) is 0 Å². The van der Waals surface area contributed by atoms with E-state index in [9.17, 15) is 0 Å². The average Bonchev–Trinajstić information content (AvgIpc) is 3.00. The second-order valence-corrected chi connectivity index (χ2v) is 6.28. The van der Waals surface area contributed by atoms with Crippen LogP contribution in [0, 0.1) is 6.92 Å². The molecule has 1 atom stereocenters. The summed E-state index contributed by atoms with van der Waals surface area (Å²) in [6.07, 6.45) is -0.406. The SMILES string of the molecule is Cc1cccc(-c2nc(C(C)Oc3ccc(Br)cc3Cl)no2)n1. The lowest BCUT2D eigenvalue weighted by Gasteiger charge is -2.12. The van der Waals surface area contributed by atoms with Crippen LogP contribution >= 0.6 is 27.5 Å². The van der Waals surface area contributed by atoms with Crippen LogP contribution in [0.5, 0.6) is 5.75 Å². The molecule has 0 aliphatic carbocycles. The number of pyridine rings is 1. The van der Waals surface area contributed by atoms with E-state index >= 15 is 0 Å². The number of nitrogens with zero attached hydrogens (tertiary/aromatic N) is 3. The molecule has 0 N–H and O–H groups in total. The lowest BCUT2D eigenvalue weighted by molar-refractivity contribution is 0.211. The highest BCUT2D eigenvalue weighted by Gasteiger charge is 2.18. The predicted molar refractivity (Wildman–Crippen MR) is 90.5 cm³/mol. The maximum atomic E-state index is 6.15. The second kappa shape index (κ2) is 6.68. The summed E-state index contributed by atoms with van der Waals surface area (Å²) in [6, 6.07) is 11.0. The molecule has 0 radical (unpaired) electrons. The standard InChI is InChI=1S/C16H13BrClN3O2/c1-9-4-3-5-13(19-9)16-20-15(21-23-16)10(2)22-14-7-6-11(17)8-12(14)18/h3-8,10H,1-2H3. The number of hydrogen-bond acceptors (Lipinski definition) is 5. The van der Waals surface area contributed by atoms with Gasteiger partial charge in [0, 0.05) is 10.2 Å². The molecule has 118 valence electrons. The Labute approximate surface area is 146 Å². The molecule has 0 amide bonds. The Morgan fingerprint density at radius 2 is 2.04 bits per heavy atom. The summed E-state index contributed by atoms with van der Waals surface area (Å²) >= 11 is 9.51. The van der Waals surface area contributed by atoms with Crippen LogP contribution in [-0.4, -0.2) is 15.1 Å². The zero-order valence-electron chi connectivity index (χ0n) is 12.5. The Morgan fingerprint density at radius 3 is 2.78 bits per heavy atom. The molecule has 2 heterocycles. The van der Waals surface area contributed by atoms with Crippen molar-refractivity contribution in [2.45, 2.75) is 20.0 Å². The van der Waals surface area contributed by atoms with E-state index in [0.29, 0.717) is 28.2 Å². The molecule has 0 aliphatic rings. The number of aromatic nitrogens is 3. The highest BCUT2D eigenvalue weighted by atomic mass is 79.9. The van der Waals surface area contributed by atoms with Crippen LogP contribution in [0.4, 0.5) is 0 Å². The summed E-state index contributed by atoms with van der Waals surface area (Å²) < 4.78 is 12.0. The highest BCUT2D eigenvalue weighted by Crippen LogP contribution is 2.31. The Bertz CT molecular complexity index is 838. The number of aryl methyl sites for hydroxylation is 1. The van der Waals surface area contributed by atoms with Crippen molar-refractivity contribution in [3.8, 4) is 17.3 Å². The van der Waals surface area contributed by atoms with Crippen molar-refractivity contribution in [1.29, 1.82) is 0 Å². The van der Waals surface area contributed by atoms with E-state index in [1.807, 2.05) is 38.1 Å². The number of hydrogen-bond donors (Lipinski definition) is 0. The molecule has 0 bridgehead atoms. The summed E-state index contributed by atoms with van der Waals surface area (Å²) in [5, 5.41) is 4.47. The first-order valence-electron chi connectivity index (χ1n) is 6.92. The van der Waals surface area contributed by atoms with Crippen molar-refractivity contribution in [2.75, 3.05) is 0 Å². The molecule has 5 nitrogen and oxygen atoms in total.